The van der Waals surface area contributed by atoms with Crippen molar-refractivity contribution in [3.8, 4) is 5.75 Å². The molecule has 0 N–H and O–H groups in total. The van der Waals surface area contributed by atoms with Crippen LogP contribution < -0.4 is 4.74 Å². The number of esters is 1. The number of hydrogen-bond acceptors (Lipinski definition) is 5. The molecule has 2 bridgehead atoms. The Kier molecular flexibility index (Phi) is 8.08. The van der Waals surface area contributed by atoms with Crippen molar-refractivity contribution < 1.29 is 19.1 Å². The second kappa shape index (κ2) is 11.6. The van der Waals surface area contributed by atoms with Crippen molar-refractivity contribution in [2.75, 3.05) is 7.11 Å². The first-order chi connectivity index (χ1) is 18.4. The highest BCUT2D eigenvalue weighted by molar-refractivity contribution is 7.98. The van der Waals surface area contributed by atoms with Crippen LogP contribution in [0.5, 0.6) is 5.75 Å². The molecule has 2 fully saturated rings. The van der Waals surface area contributed by atoms with Crippen molar-refractivity contribution >= 4 is 23.6 Å². The second-order valence-corrected chi connectivity index (χ2v) is 11.5. The average molecular weight is 530 g/mol. The van der Waals surface area contributed by atoms with Crippen LogP contribution in [0.25, 0.3) is 0 Å². The lowest BCUT2D eigenvalue weighted by atomic mass is 9.97. The molecule has 2 atom stereocenters. The number of piperidine rings is 1. The summed E-state index contributed by atoms with van der Waals surface area (Å²) in [6.07, 6.45) is 3.97. The minimum Gasteiger partial charge on any atom is -0.490 e. The van der Waals surface area contributed by atoms with Crippen molar-refractivity contribution in [1.29, 1.82) is 0 Å². The fourth-order valence-corrected chi connectivity index (χ4v) is 6.72. The molecule has 3 aromatic carbocycles. The maximum atomic E-state index is 13.5. The predicted molar refractivity (Wildman–Crippen MR) is 151 cm³/mol. The fraction of sp³-hybridized carbons (Fsp3) is 0.375. The number of carbonyl (C=O) groups is 2. The van der Waals surface area contributed by atoms with Gasteiger partial charge in [-0.15, -0.1) is 11.8 Å². The van der Waals surface area contributed by atoms with Crippen LogP contribution in [0.2, 0.25) is 0 Å². The summed E-state index contributed by atoms with van der Waals surface area (Å²) in [7, 11) is 1.40. The molecule has 0 radical (unpaired) electrons. The van der Waals surface area contributed by atoms with E-state index in [2.05, 4.69) is 36.9 Å². The minimum absolute atomic E-state index is 0.119. The average Bonchev–Trinajstić information content (AvgIpc) is 3.21. The number of nitrogens with zero attached hydrogens (tertiary/aromatic N) is 1. The Labute approximate surface area is 229 Å². The summed E-state index contributed by atoms with van der Waals surface area (Å²) in [6, 6.07) is 24.1. The van der Waals surface area contributed by atoms with Crippen molar-refractivity contribution in [3.63, 3.8) is 0 Å². The Hall–Kier alpha value is -3.25. The maximum Gasteiger partial charge on any atom is 0.338 e. The number of fused-ring (bicyclic) bond motifs is 2. The lowest BCUT2D eigenvalue weighted by Gasteiger charge is -2.39. The number of rotatable bonds is 8. The third kappa shape index (κ3) is 5.60. The number of ether oxygens (including phenoxy) is 2. The summed E-state index contributed by atoms with van der Waals surface area (Å²) in [5, 5.41) is 0. The molecule has 3 aromatic rings. The van der Waals surface area contributed by atoms with E-state index >= 15 is 0 Å². The molecule has 38 heavy (non-hydrogen) atoms. The zero-order valence-corrected chi connectivity index (χ0v) is 23.1. The quantitative estimate of drug-likeness (QED) is 0.230. The highest BCUT2D eigenvalue weighted by atomic mass is 32.2. The van der Waals surface area contributed by atoms with Gasteiger partial charge in [0.05, 0.1) is 12.7 Å². The summed E-state index contributed by atoms with van der Waals surface area (Å²) < 4.78 is 11.4. The minimum atomic E-state index is -0.332. The van der Waals surface area contributed by atoms with Crippen LogP contribution in [-0.4, -0.2) is 42.1 Å². The van der Waals surface area contributed by atoms with Crippen molar-refractivity contribution in [1.82, 2.24) is 4.90 Å². The number of hydrogen-bond donors (Lipinski definition) is 0. The van der Waals surface area contributed by atoms with Gasteiger partial charge in [0, 0.05) is 41.1 Å². The van der Waals surface area contributed by atoms with Gasteiger partial charge >= 0.3 is 5.97 Å². The van der Waals surface area contributed by atoms with Crippen molar-refractivity contribution in [2.24, 2.45) is 0 Å². The summed E-state index contributed by atoms with van der Waals surface area (Å²) in [5.74, 6) is 1.88. The van der Waals surface area contributed by atoms with Crippen LogP contribution >= 0.6 is 11.8 Å². The van der Waals surface area contributed by atoms with Gasteiger partial charge in [-0.3, -0.25) is 4.79 Å². The zero-order chi connectivity index (χ0) is 26.6. The summed E-state index contributed by atoms with van der Waals surface area (Å²) in [6.45, 7) is 4.39. The molecular formula is C32H35NO4S. The van der Waals surface area contributed by atoms with E-state index in [0.717, 1.165) is 47.5 Å². The number of amides is 1. The Bertz CT molecular complexity index is 1270. The van der Waals surface area contributed by atoms with Gasteiger partial charge in [-0.2, -0.15) is 0 Å². The Morgan fingerprint density at radius 1 is 0.921 bits per heavy atom. The van der Waals surface area contributed by atoms with Gasteiger partial charge in [0.25, 0.3) is 5.91 Å². The molecule has 1 amide bonds. The monoisotopic (exact) mass is 529 g/mol. The van der Waals surface area contributed by atoms with E-state index in [1.54, 1.807) is 17.8 Å². The molecule has 0 aliphatic carbocycles. The van der Waals surface area contributed by atoms with E-state index in [4.69, 9.17) is 9.47 Å². The zero-order valence-electron chi connectivity index (χ0n) is 22.3. The fourth-order valence-electron chi connectivity index (χ4n) is 5.72. The first kappa shape index (κ1) is 26.4. The molecule has 5 nitrogen and oxygen atoms in total. The van der Waals surface area contributed by atoms with Crippen LogP contribution in [0.4, 0.5) is 0 Å². The largest absolute Gasteiger partial charge is 0.490 e. The molecule has 0 saturated carbocycles. The van der Waals surface area contributed by atoms with Gasteiger partial charge in [0.2, 0.25) is 0 Å². The van der Waals surface area contributed by atoms with E-state index in [9.17, 15) is 9.59 Å². The number of carbonyl (C=O) groups excluding carboxylic acids is 2. The third-order valence-corrected chi connectivity index (χ3v) is 8.79. The molecule has 0 spiro atoms. The first-order valence-corrected chi connectivity index (χ1v) is 14.4. The molecule has 6 heteroatoms. The molecule has 0 unspecified atom stereocenters. The summed E-state index contributed by atoms with van der Waals surface area (Å²) in [5.41, 5.74) is 3.65. The number of para-hydroxylation sites is 1. The molecule has 2 saturated heterocycles. The number of methoxy groups -OCH3 is 1. The topological polar surface area (TPSA) is 55.8 Å². The first-order valence-electron chi connectivity index (χ1n) is 13.4. The molecule has 2 heterocycles. The lowest BCUT2D eigenvalue weighted by molar-refractivity contribution is 0.0356. The van der Waals surface area contributed by atoms with Gasteiger partial charge in [0.15, 0.2) is 0 Å². The Morgan fingerprint density at radius 3 is 2.26 bits per heavy atom. The summed E-state index contributed by atoms with van der Waals surface area (Å²) in [4.78, 5) is 28.6. The second-order valence-electron chi connectivity index (χ2n) is 10.5. The normalized spacial score (nSPS) is 20.4. The van der Waals surface area contributed by atoms with E-state index < -0.39 is 0 Å². The van der Waals surface area contributed by atoms with Gasteiger partial charge in [-0.1, -0.05) is 56.3 Å². The smallest absolute Gasteiger partial charge is 0.338 e. The highest BCUT2D eigenvalue weighted by Gasteiger charge is 2.44. The Balaban J connectivity index is 1.21. The molecule has 0 aromatic heterocycles. The number of benzene rings is 3. The Morgan fingerprint density at radius 2 is 1.58 bits per heavy atom. The van der Waals surface area contributed by atoms with E-state index in [-0.39, 0.29) is 30.1 Å². The SMILES string of the molecule is COC(=O)c1ccccc1SCc1ccc(C(=O)N2[C@H]3CC[C@H]2CC(Oc2ccccc2C(C)C)C3)cc1. The van der Waals surface area contributed by atoms with Crippen LogP contribution in [0.15, 0.2) is 77.7 Å². The molecular weight excluding hydrogens is 494 g/mol. The van der Waals surface area contributed by atoms with Crippen molar-refractivity contribution in [2.45, 2.75) is 74.3 Å². The third-order valence-electron chi connectivity index (χ3n) is 7.65. The predicted octanol–water partition coefficient (Wildman–Crippen LogP) is 7.10. The van der Waals surface area contributed by atoms with Crippen LogP contribution in [-0.2, 0) is 10.5 Å². The summed E-state index contributed by atoms with van der Waals surface area (Å²) >= 11 is 1.59. The molecule has 2 aliphatic rings. The van der Waals surface area contributed by atoms with E-state index in [1.807, 2.05) is 48.5 Å². The highest BCUT2D eigenvalue weighted by Crippen LogP contribution is 2.39. The standard InChI is InChI=1S/C32H35NO4S/c1-21(2)27-8-4-6-10-29(27)37-26-18-24-16-17-25(19-26)33(24)31(34)23-14-12-22(13-15-23)20-38-30-11-7-5-9-28(30)32(35)36-3/h4-15,21,24-26H,16-20H2,1-3H3/t24-,25-/m0/s1. The molecule has 5 rings (SSSR count). The number of thioether (sulfide) groups is 1. The van der Waals surface area contributed by atoms with Gasteiger partial charge in [-0.05, 0) is 60.2 Å². The lowest BCUT2D eigenvalue weighted by Crippen LogP contribution is -2.49. The molecule has 2 aliphatic heterocycles. The van der Waals surface area contributed by atoms with Crippen molar-refractivity contribution in [3.05, 3.63) is 95.1 Å². The van der Waals surface area contributed by atoms with Crippen LogP contribution in [0.1, 0.15) is 77.3 Å². The van der Waals surface area contributed by atoms with Gasteiger partial charge in [0.1, 0.15) is 11.9 Å². The van der Waals surface area contributed by atoms with E-state index in [1.165, 1.54) is 12.7 Å². The van der Waals surface area contributed by atoms with E-state index in [0.29, 0.717) is 17.2 Å². The maximum absolute atomic E-state index is 13.5. The van der Waals surface area contributed by atoms with Gasteiger partial charge < -0.3 is 14.4 Å². The van der Waals surface area contributed by atoms with Gasteiger partial charge in [-0.25, -0.2) is 4.79 Å². The molecule has 198 valence electrons. The van der Waals surface area contributed by atoms with Crippen LogP contribution in [0.3, 0.4) is 0 Å². The van der Waals surface area contributed by atoms with Crippen LogP contribution in [0, 0.1) is 0 Å².